The zero-order chi connectivity index (χ0) is 15.7. The van der Waals surface area contributed by atoms with E-state index >= 15 is 0 Å². The standard InChI is InChI=1S/C17H27ClN2O.ClH/c1-17(2,14-8-10-15(18)11-9-14)13-20-16(21)7-5-3-4-6-12-19;/h8-11H,3-7,12-13,19H2,1-2H3,(H,20,21);1H. The minimum atomic E-state index is -0.0974. The van der Waals surface area contributed by atoms with Crippen LogP contribution in [0.5, 0.6) is 0 Å². The minimum Gasteiger partial charge on any atom is -0.355 e. The van der Waals surface area contributed by atoms with Crippen LogP contribution in [0, 0.1) is 0 Å². The quantitative estimate of drug-likeness (QED) is 0.662. The molecule has 3 N–H and O–H groups in total. The Bertz CT molecular complexity index is 433. The van der Waals surface area contributed by atoms with Gasteiger partial charge in [0.25, 0.3) is 0 Å². The zero-order valence-electron chi connectivity index (χ0n) is 13.5. The lowest BCUT2D eigenvalue weighted by atomic mass is 9.84. The molecule has 0 saturated heterocycles. The fourth-order valence-corrected chi connectivity index (χ4v) is 2.32. The van der Waals surface area contributed by atoms with Gasteiger partial charge in [0, 0.05) is 23.4 Å². The van der Waals surface area contributed by atoms with Crippen molar-refractivity contribution in [2.75, 3.05) is 13.1 Å². The highest BCUT2D eigenvalue weighted by Crippen LogP contribution is 2.23. The van der Waals surface area contributed by atoms with Crippen LogP contribution in [0.3, 0.4) is 0 Å². The van der Waals surface area contributed by atoms with Crippen LogP contribution in [0.15, 0.2) is 24.3 Å². The van der Waals surface area contributed by atoms with Crippen molar-refractivity contribution in [2.24, 2.45) is 5.73 Å². The topological polar surface area (TPSA) is 55.1 Å². The molecule has 0 saturated carbocycles. The molecule has 1 aromatic carbocycles. The van der Waals surface area contributed by atoms with Gasteiger partial charge in [-0.1, -0.05) is 50.4 Å². The van der Waals surface area contributed by atoms with Crippen LogP contribution >= 0.6 is 24.0 Å². The second-order valence-electron chi connectivity index (χ2n) is 6.12. The van der Waals surface area contributed by atoms with Gasteiger partial charge in [0.15, 0.2) is 0 Å². The highest BCUT2D eigenvalue weighted by Gasteiger charge is 2.21. The lowest BCUT2D eigenvalue weighted by Gasteiger charge is -2.25. The number of nitrogens with two attached hydrogens (primary N) is 1. The Morgan fingerprint density at radius 3 is 2.32 bits per heavy atom. The van der Waals surface area contributed by atoms with Gasteiger partial charge in [-0.3, -0.25) is 4.79 Å². The molecule has 0 radical (unpaired) electrons. The van der Waals surface area contributed by atoms with Crippen LogP contribution in [0.25, 0.3) is 0 Å². The number of benzene rings is 1. The SMILES string of the molecule is CC(C)(CNC(=O)CCCCCCN)c1ccc(Cl)cc1.Cl. The van der Waals surface area contributed by atoms with Crippen LogP contribution in [0.2, 0.25) is 5.02 Å². The molecule has 0 unspecified atom stereocenters. The molecule has 126 valence electrons. The van der Waals surface area contributed by atoms with Gasteiger partial charge in [-0.25, -0.2) is 0 Å². The number of hydrogen-bond acceptors (Lipinski definition) is 2. The van der Waals surface area contributed by atoms with Crippen LogP contribution in [0.4, 0.5) is 0 Å². The molecule has 0 atom stereocenters. The molecule has 0 bridgehead atoms. The van der Waals surface area contributed by atoms with Crippen molar-refractivity contribution in [3.05, 3.63) is 34.9 Å². The van der Waals surface area contributed by atoms with Crippen LogP contribution in [0.1, 0.15) is 51.5 Å². The number of hydrogen-bond donors (Lipinski definition) is 2. The van der Waals surface area contributed by atoms with Gasteiger partial charge in [-0.05, 0) is 37.1 Å². The molecule has 0 aliphatic rings. The normalized spacial score (nSPS) is 10.9. The van der Waals surface area contributed by atoms with E-state index in [1.54, 1.807) is 0 Å². The van der Waals surface area contributed by atoms with Crippen molar-refractivity contribution in [3.8, 4) is 0 Å². The van der Waals surface area contributed by atoms with E-state index in [2.05, 4.69) is 19.2 Å². The molecule has 1 amide bonds. The van der Waals surface area contributed by atoms with E-state index in [4.69, 9.17) is 17.3 Å². The summed E-state index contributed by atoms with van der Waals surface area (Å²) >= 11 is 5.91. The van der Waals surface area contributed by atoms with E-state index in [9.17, 15) is 4.79 Å². The number of carbonyl (C=O) groups is 1. The van der Waals surface area contributed by atoms with E-state index in [0.29, 0.717) is 13.0 Å². The molecule has 1 rings (SSSR count). The predicted molar refractivity (Wildman–Crippen MR) is 96.9 cm³/mol. The summed E-state index contributed by atoms with van der Waals surface area (Å²) in [5.41, 5.74) is 6.52. The highest BCUT2D eigenvalue weighted by atomic mass is 35.5. The van der Waals surface area contributed by atoms with E-state index in [0.717, 1.165) is 37.3 Å². The molecule has 0 spiro atoms. The molecule has 0 fully saturated rings. The Hall–Kier alpha value is -0.770. The summed E-state index contributed by atoms with van der Waals surface area (Å²) < 4.78 is 0. The fraction of sp³-hybridized carbons (Fsp3) is 0.588. The van der Waals surface area contributed by atoms with Crippen molar-refractivity contribution >= 4 is 29.9 Å². The molecular formula is C17H28Cl2N2O. The molecule has 0 heterocycles. The van der Waals surface area contributed by atoms with Gasteiger partial charge in [-0.2, -0.15) is 0 Å². The van der Waals surface area contributed by atoms with Crippen molar-refractivity contribution in [1.29, 1.82) is 0 Å². The maximum absolute atomic E-state index is 11.9. The Morgan fingerprint density at radius 1 is 1.14 bits per heavy atom. The summed E-state index contributed by atoms with van der Waals surface area (Å²) in [6.07, 6.45) is 4.77. The van der Waals surface area contributed by atoms with Crippen molar-refractivity contribution in [2.45, 2.75) is 51.4 Å². The first-order chi connectivity index (χ1) is 9.95. The van der Waals surface area contributed by atoms with Crippen LogP contribution in [-0.2, 0) is 10.2 Å². The molecule has 0 aliphatic carbocycles. The van der Waals surface area contributed by atoms with Gasteiger partial charge < -0.3 is 11.1 Å². The summed E-state index contributed by atoms with van der Waals surface area (Å²) in [5, 5.41) is 3.76. The number of rotatable bonds is 9. The second-order valence-corrected chi connectivity index (χ2v) is 6.56. The maximum Gasteiger partial charge on any atom is 0.220 e. The number of nitrogens with one attached hydrogen (secondary N) is 1. The van der Waals surface area contributed by atoms with E-state index in [1.807, 2.05) is 24.3 Å². The van der Waals surface area contributed by atoms with E-state index in [-0.39, 0.29) is 23.7 Å². The number of carbonyl (C=O) groups excluding carboxylic acids is 1. The van der Waals surface area contributed by atoms with Gasteiger partial charge in [0.05, 0.1) is 0 Å². The summed E-state index contributed by atoms with van der Waals surface area (Å²) in [7, 11) is 0. The first-order valence-electron chi connectivity index (χ1n) is 7.68. The third-order valence-electron chi connectivity index (χ3n) is 3.71. The van der Waals surface area contributed by atoms with Gasteiger partial charge in [0.1, 0.15) is 0 Å². The summed E-state index contributed by atoms with van der Waals surface area (Å²) in [6.45, 7) is 5.62. The fourth-order valence-electron chi connectivity index (χ4n) is 2.19. The van der Waals surface area contributed by atoms with Crippen LogP contribution < -0.4 is 11.1 Å². The molecule has 3 nitrogen and oxygen atoms in total. The Morgan fingerprint density at radius 2 is 1.73 bits per heavy atom. The van der Waals surface area contributed by atoms with Gasteiger partial charge >= 0.3 is 0 Å². The molecule has 5 heteroatoms. The first-order valence-corrected chi connectivity index (χ1v) is 8.06. The maximum atomic E-state index is 11.9. The zero-order valence-corrected chi connectivity index (χ0v) is 15.1. The van der Waals surface area contributed by atoms with Gasteiger partial charge in [-0.15, -0.1) is 12.4 Å². The lowest BCUT2D eigenvalue weighted by molar-refractivity contribution is -0.121. The molecule has 0 aliphatic heterocycles. The first kappa shape index (κ1) is 21.2. The summed E-state index contributed by atoms with van der Waals surface area (Å²) in [6, 6.07) is 7.80. The average Bonchev–Trinajstić information content (AvgIpc) is 2.45. The van der Waals surface area contributed by atoms with E-state index < -0.39 is 0 Å². The predicted octanol–water partition coefficient (Wildman–Crippen LogP) is 4.06. The Labute approximate surface area is 145 Å². The number of unbranched alkanes of at least 4 members (excludes halogenated alkanes) is 3. The third kappa shape index (κ3) is 8.02. The van der Waals surface area contributed by atoms with Gasteiger partial charge in [0.2, 0.25) is 5.91 Å². The molecule has 0 aromatic heterocycles. The molecule has 1 aromatic rings. The lowest BCUT2D eigenvalue weighted by Crippen LogP contribution is -2.36. The highest BCUT2D eigenvalue weighted by molar-refractivity contribution is 6.30. The summed E-state index contributed by atoms with van der Waals surface area (Å²) in [4.78, 5) is 11.9. The van der Waals surface area contributed by atoms with Crippen LogP contribution in [-0.4, -0.2) is 19.0 Å². The third-order valence-corrected chi connectivity index (χ3v) is 3.96. The van der Waals surface area contributed by atoms with Crippen molar-refractivity contribution in [3.63, 3.8) is 0 Å². The monoisotopic (exact) mass is 346 g/mol. The molecular weight excluding hydrogens is 319 g/mol. The number of amides is 1. The smallest absolute Gasteiger partial charge is 0.220 e. The Balaban J connectivity index is 0.00000441. The van der Waals surface area contributed by atoms with E-state index in [1.165, 1.54) is 5.56 Å². The minimum absolute atomic E-state index is 0. The number of halogens is 2. The largest absolute Gasteiger partial charge is 0.355 e. The summed E-state index contributed by atoms with van der Waals surface area (Å²) in [5.74, 6) is 0.129. The molecule has 22 heavy (non-hydrogen) atoms. The average molecular weight is 347 g/mol. The van der Waals surface area contributed by atoms with Crippen molar-refractivity contribution in [1.82, 2.24) is 5.32 Å². The van der Waals surface area contributed by atoms with Crippen molar-refractivity contribution < 1.29 is 4.79 Å². The second kappa shape index (κ2) is 10.9. The Kier molecular flexibility index (Phi) is 10.5.